The second-order valence-corrected chi connectivity index (χ2v) is 6.00. The highest BCUT2D eigenvalue weighted by atomic mass is 35.5. The van der Waals surface area contributed by atoms with Crippen molar-refractivity contribution in [2.24, 2.45) is 11.7 Å². The number of amides is 1. The molecule has 140 valence electrons. The Balaban J connectivity index is 0.00000529. The van der Waals surface area contributed by atoms with Crippen LogP contribution in [0, 0.1) is 19.8 Å². The summed E-state index contributed by atoms with van der Waals surface area (Å²) in [5, 5.41) is 6.70. The fourth-order valence-corrected chi connectivity index (χ4v) is 2.56. The first-order valence-electron chi connectivity index (χ1n) is 7.64. The summed E-state index contributed by atoms with van der Waals surface area (Å²) in [5.74, 6) is -0.286. The van der Waals surface area contributed by atoms with Crippen molar-refractivity contribution in [1.82, 2.24) is 15.1 Å². The van der Waals surface area contributed by atoms with Crippen molar-refractivity contribution in [2.45, 2.75) is 65.8 Å². The van der Waals surface area contributed by atoms with Crippen molar-refractivity contribution in [3.63, 3.8) is 0 Å². The lowest BCUT2D eigenvalue weighted by molar-refractivity contribution is -0.143. The predicted octanol–water partition coefficient (Wildman–Crippen LogP) is 3.03. The molecule has 1 aromatic heterocycles. The molecule has 0 aliphatic carbocycles. The molecule has 0 spiro atoms. The van der Waals surface area contributed by atoms with Gasteiger partial charge >= 0.3 is 6.18 Å². The molecule has 0 aliphatic rings. The summed E-state index contributed by atoms with van der Waals surface area (Å²) in [4.78, 5) is 12.1. The summed E-state index contributed by atoms with van der Waals surface area (Å²) in [6.07, 6.45) is -3.57. The molecule has 3 atom stereocenters. The topological polar surface area (TPSA) is 72.9 Å². The maximum Gasteiger partial charge on any atom is 0.408 e. The Morgan fingerprint density at radius 2 is 1.88 bits per heavy atom. The van der Waals surface area contributed by atoms with E-state index in [-0.39, 0.29) is 24.2 Å². The first kappa shape index (κ1) is 22.7. The van der Waals surface area contributed by atoms with E-state index < -0.39 is 24.8 Å². The maximum absolute atomic E-state index is 12.6. The third-order valence-corrected chi connectivity index (χ3v) is 4.12. The van der Waals surface area contributed by atoms with Gasteiger partial charge in [-0.25, -0.2) is 0 Å². The Morgan fingerprint density at radius 3 is 2.33 bits per heavy atom. The molecule has 1 amide bonds. The van der Waals surface area contributed by atoms with E-state index in [1.54, 1.807) is 20.8 Å². The molecule has 3 N–H and O–H groups in total. The SMILES string of the molecule is CCC(C)C(N)C(=O)NC(C)c1c(C)nn(CC(F)(F)F)c1C.Cl. The number of hydrogen-bond donors (Lipinski definition) is 2. The Bertz CT molecular complexity index is 560. The van der Waals surface area contributed by atoms with Crippen LogP contribution in [-0.4, -0.2) is 27.9 Å². The van der Waals surface area contributed by atoms with Gasteiger partial charge in [-0.15, -0.1) is 12.4 Å². The van der Waals surface area contributed by atoms with E-state index >= 15 is 0 Å². The highest BCUT2D eigenvalue weighted by Gasteiger charge is 2.31. The number of aryl methyl sites for hydroxylation is 1. The lowest BCUT2D eigenvalue weighted by Crippen LogP contribution is -2.45. The van der Waals surface area contributed by atoms with Crippen molar-refractivity contribution in [2.75, 3.05) is 0 Å². The fraction of sp³-hybridized carbons (Fsp3) is 0.733. The molecule has 0 aliphatic heterocycles. The van der Waals surface area contributed by atoms with Crippen LogP contribution >= 0.6 is 12.4 Å². The number of nitrogens with two attached hydrogens (primary N) is 1. The van der Waals surface area contributed by atoms with Gasteiger partial charge in [0, 0.05) is 11.3 Å². The van der Waals surface area contributed by atoms with Crippen molar-refractivity contribution in [3.8, 4) is 0 Å². The first-order valence-corrected chi connectivity index (χ1v) is 7.64. The Morgan fingerprint density at radius 1 is 1.33 bits per heavy atom. The van der Waals surface area contributed by atoms with Crippen LogP contribution in [0.25, 0.3) is 0 Å². The number of hydrogen-bond acceptors (Lipinski definition) is 3. The molecule has 0 saturated heterocycles. The molecule has 5 nitrogen and oxygen atoms in total. The summed E-state index contributed by atoms with van der Waals surface area (Å²) in [6.45, 7) is 7.59. The Hall–Kier alpha value is -1.28. The van der Waals surface area contributed by atoms with Gasteiger partial charge in [-0.05, 0) is 26.7 Å². The standard InChI is InChI=1S/C15H25F3N4O.ClH/c1-6-8(2)13(19)14(23)20-9(3)12-10(4)21-22(11(12)5)7-15(16,17)18;/h8-9,13H,6-7,19H2,1-5H3,(H,20,23);1H. The van der Waals surface area contributed by atoms with E-state index in [9.17, 15) is 18.0 Å². The van der Waals surface area contributed by atoms with Gasteiger partial charge < -0.3 is 11.1 Å². The van der Waals surface area contributed by atoms with Gasteiger partial charge in [0.2, 0.25) is 5.91 Å². The molecule has 1 rings (SSSR count). The van der Waals surface area contributed by atoms with E-state index in [0.717, 1.165) is 11.1 Å². The van der Waals surface area contributed by atoms with Gasteiger partial charge in [0.05, 0.1) is 17.8 Å². The molecule has 0 saturated carbocycles. The minimum Gasteiger partial charge on any atom is -0.348 e. The maximum atomic E-state index is 12.6. The van der Waals surface area contributed by atoms with Crippen LogP contribution in [0.3, 0.4) is 0 Å². The van der Waals surface area contributed by atoms with Crippen LogP contribution in [0.2, 0.25) is 0 Å². The highest BCUT2D eigenvalue weighted by molar-refractivity contribution is 5.85. The number of halogens is 4. The number of aromatic nitrogens is 2. The normalized spacial score (nSPS) is 15.4. The van der Waals surface area contributed by atoms with Crippen LogP contribution in [0.4, 0.5) is 13.2 Å². The summed E-state index contributed by atoms with van der Waals surface area (Å²) in [6, 6.07) is -1.10. The second-order valence-electron chi connectivity index (χ2n) is 6.00. The van der Waals surface area contributed by atoms with Crippen LogP contribution in [0.1, 0.15) is 50.2 Å². The zero-order valence-corrected chi connectivity index (χ0v) is 15.4. The van der Waals surface area contributed by atoms with Crippen LogP contribution in [0.5, 0.6) is 0 Å². The number of carbonyl (C=O) groups excluding carboxylic acids is 1. The quantitative estimate of drug-likeness (QED) is 0.808. The van der Waals surface area contributed by atoms with Crippen LogP contribution < -0.4 is 11.1 Å². The summed E-state index contributed by atoms with van der Waals surface area (Å²) in [7, 11) is 0. The van der Waals surface area contributed by atoms with E-state index in [0.29, 0.717) is 17.0 Å². The molecule has 24 heavy (non-hydrogen) atoms. The zero-order valence-electron chi connectivity index (χ0n) is 14.6. The van der Waals surface area contributed by atoms with Gasteiger partial charge in [-0.2, -0.15) is 18.3 Å². The Labute approximate surface area is 146 Å². The van der Waals surface area contributed by atoms with Gasteiger partial charge in [0.1, 0.15) is 6.54 Å². The van der Waals surface area contributed by atoms with Crippen LogP contribution in [0.15, 0.2) is 0 Å². The molecule has 0 aromatic carbocycles. The second kappa shape index (κ2) is 8.71. The Kier molecular flexibility index (Phi) is 8.25. The summed E-state index contributed by atoms with van der Waals surface area (Å²) < 4.78 is 38.6. The summed E-state index contributed by atoms with van der Waals surface area (Å²) in [5.41, 5.74) is 7.34. The molecular weight excluding hydrogens is 345 g/mol. The first-order chi connectivity index (χ1) is 10.5. The monoisotopic (exact) mass is 370 g/mol. The third-order valence-electron chi connectivity index (χ3n) is 4.12. The van der Waals surface area contributed by atoms with Crippen LogP contribution in [-0.2, 0) is 11.3 Å². The van der Waals surface area contributed by atoms with Gasteiger partial charge in [-0.3, -0.25) is 9.48 Å². The molecule has 1 aromatic rings. The highest BCUT2D eigenvalue weighted by Crippen LogP contribution is 2.25. The minimum atomic E-state index is -4.34. The largest absolute Gasteiger partial charge is 0.408 e. The molecule has 9 heteroatoms. The molecule has 3 unspecified atom stereocenters. The van der Waals surface area contributed by atoms with Crippen molar-refractivity contribution >= 4 is 18.3 Å². The average Bonchev–Trinajstić information content (AvgIpc) is 2.69. The van der Waals surface area contributed by atoms with Gasteiger partial charge in [-0.1, -0.05) is 20.3 Å². The third kappa shape index (κ3) is 5.66. The van der Waals surface area contributed by atoms with E-state index in [1.807, 2.05) is 13.8 Å². The van der Waals surface area contributed by atoms with Gasteiger partial charge in [0.15, 0.2) is 0 Å². The molecule has 0 fully saturated rings. The van der Waals surface area contributed by atoms with E-state index in [4.69, 9.17) is 5.73 Å². The van der Waals surface area contributed by atoms with Crippen molar-refractivity contribution in [1.29, 1.82) is 0 Å². The lowest BCUT2D eigenvalue weighted by Gasteiger charge is -2.21. The van der Waals surface area contributed by atoms with Crippen molar-refractivity contribution in [3.05, 3.63) is 17.0 Å². The number of nitrogens with one attached hydrogen (secondary N) is 1. The number of nitrogens with zero attached hydrogens (tertiary/aromatic N) is 2. The minimum absolute atomic E-state index is 0. The number of rotatable bonds is 6. The molecule has 1 heterocycles. The van der Waals surface area contributed by atoms with E-state index in [2.05, 4.69) is 10.4 Å². The summed E-state index contributed by atoms with van der Waals surface area (Å²) >= 11 is 0. The smallest absolute Gasteiger partial charge is 0.348 e. The van der Waals surface area contributed by atoms with Crippen molar-refractivity contribution < 1.29 is 18.0 Å². The lowest BCUT2D eigenvalue weighted by atomic mass is 9.98. The zero-order chi connectivity index (χ0) is 17.9. The fourth-order valence-electron chi connectivity index (χ4n) is 2.56. The predicted molar refractivity (Wildman–Crippen MR) is 89.0 cm³/mol. The molecule has 0 bridgehead atoms. The average molecular weight is 371 g/mol. The van der Waals surface area contributed by atoms with Gasteiger partial charge in [0.25, 0.3) is 0 Å². The number of carbonyl (C=O) groups is 1. The van der Waals surface area contributed by atoms with E-state index in [1.165, 1.54) is 0 Å². The number of alkyl halides is 3. The molecule has 0 radical (unpaired) electrons. The molecular formula is C15H26ClF3N4O.